The molecule has 2 rings (SSSR count). The van der Waals surface area contributed by atoms with Crippen molar-refractivity contribution in [2.45, 2.75) is 25.7 Å². The molecule has 1 aliphatic carbocycles. The molecule has 0 amide bonds. The first-order valence-electron chi connectivity index (χ1n) is 5.86. The molecule has 1 aromatic rings. The quantitative estimate of drug-likeness (QED) is 0.893. The van der Waals surface area contributed by atoms with Gasteiger partial charge in [-0.2, -0.15) is 0 Å². The molecule has 0 unspecified atom stereocenters. The zero-order valence-corrected chi connectivity index (χ0v) is 10.3. The molecule has 1 aliphatic rings. The summed E-state index contributed by atoms with van der Waals surface area (Å²) >= 11 is 5.81. The second-order valence-corrected chi connectivity index (χ2v) is 4.92. The van der Waals surface area contributed by atoms with Gasteiger partial charge in [-0.05, 0) is 37.0 Å². The molecule has 0 heterocycles. The van der Waals surface area contributed by atoms with E-state index in [1.807, 2.05) is 0 Å². The predicted molar refractivity (Wildman–Crippen MR) is 66.9 cm³/mol. The largest absolute Gasteiger partial charge is 0.382 e. The number of anilines is 1. The number of hydrogen-bond donors (Lipinski definition) is 1. The lowest BCUT2D eigenvalue weighted by Gasteiger charge is -2.21. The summed E-state index contributed by atoms with van der Waals surface area (Å²) in [7, 11) is 0. The van der Waals surface area contributed by atoms with E-state index >= 15 is 0 Å². The topological polar surface area (TPSA) is 29.1 Å². The van der Waals surface area contributed by atoms with Crippen LogP contribution in [0.1, 0.15) is 25.7 Å². The van der Waals surface area contributed by atoms with E-state index in [0.717, 1.165) is 12.8 Å². The molecule has 1 saturated carbocycles. The summed E-state index contributed by atoms with van der Waals surface area (Å²) in [4.78, 5) is 11.1. The van der Waals surface area contributed by atoms with Crippen LogP contribution in [0.15, 0.2) is 18.2 Å². The SMILES string of the molecule is O=C1CCC(CNc2cc(Cl)ccc2F)CC1. The fraction of sp³-hybridized carbons (Fsp3) is 0.462. The Morgan fingerprint density at radius 3 is 2.76 bits per heavy atom. The number of ketones is 1. The lowest BCUT2D eigenvalue weighted by Crippen LogP contribution is -2.21. The van der Waals surface area contributed by atoms with Crippen molar-refractivity contribution in [2.24, 2.45) is 5.92 Å². The summed E-state index contributed by atoms with van der Waals surface area (Å²) in [5.41, 5.74) is 0.439. The highest BCUT2D eigenvalue weighted by Crippen LogP contribution is 2.24. The summed E-state index contributed by atoms with van der Waals surface area (Å²) in [5.74, 6) is 0.502. The van der Waals surface area contributed by atoms with Crippen LogP contribution in [-0.2, 0) is 4.79 Å². The van der Waals surface area contributed by atoms with E-state index in [1.54, 1.807) is 6.07 Å². The van der Waals surface area contributed by atoms with Crippen LogP contribution in [0.2, 0.25) is 5.02 Å². The van der Waals surface area contributed by atoms with E-state index in [1.165, 1.54) is 12.1 Å². The predicted octanol–water partition coefficient (Wildman–Crippen LogP) is 3.65. The first-order chi connectivity index (χ1) is 8.15. The molecule has 0 aliphatic heterocycles. The fourth-order valence-electron chi connectivity index (χ4n) is 2.09. The molecule has 2 nitrogen and oxygen atoms in total. The van der Waals surface area contributed by atoms with Crippen LogP contribution in [0.3, 0.4) is 0 Å². The highest BCUT2D eigenvalue weighted by molar-refractivity contribution is 6.30. The van der Waals surface area contributed by atoms with Crippen LogP contribution in [0, 0.1) is 11.7 Å². The standard InChI is InChI=1S/C13H15ClFNO/c14-10-3-6-12(15)13(7-10)16-8-9-1-4-11(17)5-2-9/h3,6-7,9,16H,1-2,4-5,8H2. The van der Waals surface area contributed by atoms with Crippen molar-refractivity contribution in [2.75, 3.05) is 11.9 Å². The average molecular weight is 256 g/mol. The van der Waals surface area contributed by atoms with Crippen LogP contribution in [0.25, 0.3) is 0 Å². The Kier molecular flexibility index (Phi) is 4.00. The Bertz CT molecular complexity index is 412. The van der Waals surface area contributed by atoms with Gasteiger partial charge >= 0.3 is 0 Å². The molecule has 1 aromatic carbocycles. The van der Waals surface area contributed by atoms with Gasteiger partial charge in [-0.15, -0.1) is 0 Å². The van der Waals surface area contributed by atoms with Gasteiger partial charge in [0, 0.05) is 24.4 Å². The highest BCUT2D eigenvalue weighted by Gasteiger charge is 2.18. The first kappa shape index (κ1) is 12.4. The lowest BCUT2D eigenvalue weighted by atomic mass is 9.88. The molecule has 0 bridgehead atoms. The fourth-order valence-corrected chi connectivity index (χ4v) is 2.26. The first-order valence-corrected chi connectivity index (χ1v) is 6.23. The Hall–Kier alpha value is -1.09. The Labute approximate surface area is 105 Å². The molecule has 0 saturated heterocycles. The Morgan fingerprint density at radius 2 is 2.06 bits per heavy atom. The van der Waals surface area contributed by atoms with Crippen LogP contribution >= 0.6 is 11.6 Å². The summed E-state index contributed by atoms with van der Waals surface area (Å²) < 4.78 is 13.4. The molecule has 1 fully saturated rings. The molecule has 0 aromatic heterocycles. The van der Waals surface area contributed by atoms with Gasteiger partial charge in [-0.1, -0.05) is 11.6 Å². The number of halogens is 2. The number of rotatable bonds is 3. The molecule has 92 valence electrons. The van der Waals surface area contributed by atoms with Gasteiger partial charge in [0.15, 0.2) is 0 Å². The Balaban J connectivity index is 1.89. The molecule has 17 heavy (non-hydrogen) atoms. The number of benzene rings is 1. The minimum Gasteiger partial charge on any atom is -0.382 e. The zero-order valence-electron chi connectivity index (χ0n) is 9.51. The van der Waals surface area contributed by atoms with Gasteiger partial charge in [0.05, 0.1) is 5.69 Å². The van der Waals surface area contributed by atoms with Crippen molar-refractivity contribution in [1.82, 2.24) is 0 Å². The summed E-state index contributed by atoms with van der Waals surface area (Å²) in [6.07, 6.45) is 3.11. The highest BCUT2D eigenvalue weighted by atomic mass is 35.5. The van der Waals surface area contributed by atoms with Crippen molar-refractivity contribution in [3.05, 3.63) is 29.0 Å². The maximum atomic E-state index is 13.4. The second kappa shape index (κ2) is 5.50. The van der Waals surface area contributed by atoms with Crippen LogP contribution < -0.4 is 5.32 Å². The van der Waals surface area contributed by atoms with Crippen LogP contribution in [-0.4, -0.2) is 12.3 Å². The van der Waals surface area contributed by atoms with E-state index in [0.29, 0.717) is 41.8 Å². The van der Waals surface area contributed by atoms with Crippen molar-refractivity contribution in [3.63, 3.8) is 0 Å². The number of carbonyl (C=O) groups is 1. The number of carbonyl (C=O) groups excluding carboxylic acids is 1. The molecule has 4 heteroatoms. The van der Waals surface area contributed by atoms with E-state index in [-0.39, 0.29) is 5.82 Å². The molecule has 0 radical (unpaired) electrons. The Morgan fingerprint density at radius 1 is 1.35 bits per heavy atom. The lowest BCUT2D eigenvalue weighted by molar-refractivity contribution is -0.120. The maximum Gasteiger partial charge on any atom is 0.146 e. The minimum atomic E-state index is -0.290. The third-order valence-corrected chi connectivity index (χ3v) is 3.41. The van der Waals surface area contributed by atoms with Crippen molar-refractivity contribution in [1.29, 1.82) is 0 Å². The van der Waals surface area contributed by atoms with Gasteiger partial charge in [0.25, 0.3) is 0 Å². The van der Waals surface area contributed by atoms with Gasteiger partial charge in [-0.25, -0.2) is 4.39 Å². The molecular formula is C13H15ClFNO. The molecule has 0 atom stereocenters. The van der Waals surface area contributed by atoms with E-state index in [4.69, 9.17) is 11.6 Å². The maximum absolute atomic E-state index is 13.4. The smallest absolute Gasteiger partial charge is 0.146 e. The summed E-state index contributed by atoms with van der Waals surface area (Å²) in [5, 5.41) is 3.59. The van der Waals surface area contributed by atoms with Gasteiger partial charge in [0.2, 0.25) is 0 Å². The van der Waals surface area contributed by atoms with Crippen molar-refractivity contribution >= 4 is 23.1 Å². The zero-order chi connectivity index (χ0) is 12.3. The third kappa shape index (κ3) is 3.43. The second-order valence-electron chi connectivity index (χ2n) is 4.49. The van der Waals surface area contributed by atoms with Gasteiger partial charge in [-0.3, -0.25) is 4.79 Å². The van der Waals surface area contributed by atoms with E-state index < -0.39 is 0 Å². The molecule has 0 spiro atoms. The average Bonchev–Trinajstić information content (AvgIpc) is 2.32. The molecule has 1 N–H and O–H groups in total. The van der Waals surface area contributed by atoms with Gasteiger partial charge < -0.3 is 5.32 Å². The van der Waals surface area contributed by atoms with E-state index in [9.17, 15) is 9.18 Å². The van der Waals surface area contributed by atoms with Crippen molar-refractivity contribution in [3.8, 4) is 0 Å². The van der Waals surface area contributed by atoms with Crippen LogP contribution in [0.4, 0.5) is 10.1 Å². The normalized spacial score (nSPS) is 17.2. The van der Waals surface area contributed by atoms with Crippen LogP contribution in [0.5, 0.6) is 0 Å². The van der Waals surface area contributed by atoms with Gasteiger partial charge in [0.1, 0.15) is 11.6 Å². The monoisotopic (exact) mass is 255 g/mol. The third-order valence-electron chi connectivity index (χ3n) is 3.17. The number of hydrogen-bond acceptors (Lipinski definition) is 2. The number of Topliss-reactive ketones (excluding diaryl/α,β-unsaturated/α-hetero) is 1. The van der Waals surface area contributed by atoms with Crippen molar-refractivity contribution < 1.29 is 9.18 Å². The summed E-state index contributed by atoms with van der Waals surface area (Å²) in [6.45, 7) is 0.699. The minimum absolute atomic E-state index is 0.290. The summed E-state index contributed by atoms with van der Waals surface area (Å²) in [6, 6.07) is 4.47. The molecular weight excluding hydrogens is 241 g/mol. The number of nitrogens with one attached hydrogen (secondary N) is 1. The van der Waals surface area contributed by atoms with E-state index in [2.05, 4.69) is 5.32 Å².